The fraction of sp³-hybridized carbons (Fsp3) is 0.250. The highest BCUT2D eigenvalue weighted by atomic mass is 79.9. The van der Waals surface area contributed by atoms with E-state index >= 15 is 0 Å². The second kappa shape index (κ2) is 4.58. The maximum atomic E-state index is 12.6. The van der Waals surface area contributed by atoms with Gasteiger partial charge in [-0.15, -0.1) is 11.6 Å². The maximum absolute atomic E-state index is 12.6. The van der Waals surface area contributed by atoms with Gasteiger partial charge in [-0.3, -0.25) is 10.1 Å². The predicted molar refractivity (Wildman–Crippen MR) is 55.4 cm³/mol. The van der Waals surface area contributed by atoms with Gasteiger partial charge in [0.2, 0.25) is 0 Å². The summed E-state index contributed by atoms with van der Waals surface area (Å²) in [5.41, 5.74) is -2.27. The standard InChI is InChI=1S/C8H4BrClF3NO2/c9-5-1-2-6(14(15)16)4(3-10)7(5)8(11,12)13/h1-2H,3H2. The van der Waals surface area contributed by atoms with Crippen molar-refractivity contribution in [3.8, 4) is 0 Å². The van der Waals surface area contributed by atoms with Gasteiger partial charge in [-0.1, -0.05) is 15.9 Å². The number of benzene rings is 1. The molecule has 0 bridgehead atoms. The van der Waals surface area contributed by atoms with Gasteiger partial charge in [-0.05, 0) is 6.07 Å². The van der Waals surface area contributed by atoms with Crippen molar-refractivity contribution in [2.75, 3.05) is 0 Å². The van der Waals surface area contributed by atoms with Gasteiger partial charge in [0.05, 0.1) is 21.9 Å². The van der Waals surface area contributed by atoms with Gasteiger partial charge in [-0.2, -0.15) is 13.2 Å². The molecule has 0 heterocycles. The van der Waals surface area contributed by atoms with Gasteiger partial charge < -0.3 is 0 Å². The Morgan fingerprint density at radius 2 is 2.00 bits per heavy atom. The molecule has 16 heavy (non-hydrogen) atoms. The molecule has 0 saturated heterocycles. The summed E-state index contributed by atoms with van der Waals surface area (Å²) in [5, 5.41) is 10.5. The molecule has 88 valence electrons. The summed E-state index contributed by atoms with van der Waals surface area (Å²) in [4.78, 5) is 9.65. The molecular weight excluding hydrogens is 314 g/mol. The predicted octanol–water partition coefficient (Wildman–Crippen LogP) is 4.11. The minimum absolute atomic E-state index is 0.263. The Morgan fingerprint density at radius 1 is 1.44 bits per heavy atom. The fourth-order valence-corrected chi connectivity index (χ4v) is 2.09. The molecule has 0 unspecified atom stereocenters. The van der Waals surface area contributed by atoms with Gasteiger partial charge in [0.25, 0.3) is 5.69 Å². The Hall–Kier alpha value is -0.820. The lowest BCUT2D eigenvalue weighted by Crippen LogP contribution is -2.11. The summed E-state index contributed by atoms with van der Waals surface area (Å²) in [5.74, 6) is -0.579. The van der Waals surface area contributed by atoms with Crippen molar-refractivity contribution in [3.05, 3.63) is 37.8 Å². The van der Waals surface area contributed by atoms with Gasteiger partial charge >= 0.3 is 6.18 Å². The molecule has 3 nitrogen and oxygen atoms in total. The number of nitro groups is 1. The van der Waals surface area contributed by atoms with Crippen LogP contribution in [0.4, 0.5) is 18.9 Å². The van der Waals surface area contributed by atoms with E-state index in [0.717, 1.165) is 12.1 Å². The minimum atomic E-state index is -4.69. The molecule has 0 aliphatic heterocycles. The average molecular weight is 318 g/mol. The van der Waals surface area contributed by atoms with E-state index in [0.29, 0.717) is 0 Å². The first-order valence-corrected chi connectivity index (χ1v) is 5.20. The molecule has 0 aliphatic rings. The number of halogens is 5. The quantitative estimate of drug-likeness (QED) is 0.468. The first kappa shape index (κ1) is 13.2. The highest BCUT2D eigenvalue weighted by Crippen LogP contribution is 2.41. The molecule has 1 rings (SSSR count). The van der Waals surface area contributed by atoms with Crippen LogP contribution in [0.15, 0.2) is 16.6 Å². The molecule has 0 N–H and O–H groups in total. The third kappa shape index (κ3) is 2.46. The lowest BCUT2D eigenvalue weighted by Gasteiger charge is -2.13. The molecular formula is C8H4BrClF3NO2. The van der Waals surface area contributed by atoms with Crippen LogP contribution < -0.4 is 0 Å². The van der Waals surface area contributed by atoms with Crippen molar-refractivity contribution in [2.24, 2.45) is 0 Å². The largest absolute Gasteiger partial charge is 0.418 e. The lowest BCUT2D eigenvalue weighted by atomic mass is 10.1. The summed E-state index contributed by atoms with van der Waals surface area (Å²) < 4.78 is 37.6. The lowest BCUT2D eigenvalue weighted by molar-refractivity contribution is -0.385. The number of hydrogen-bond acceptors (Lipinski definition) is 2. The zero-order valence-corrected chi connectivity index (χ0v) is 9.86. The highest BCUT2D eigenvalue weighted by molar-refractivity contribution is 9.10. The third-order valence-electron chi connectivity index (χ3n) is 1.85. The third-order valence-corrected chi connectivity index (χ3v) is 2.78. The Morgan fingerprint density at radius 3 is 2.38 bits per heavy atom. The molecule has 8 heteroatoms. The number of alkyl halides is 4. The van der Waals surface area contributed by atoms with Crippen LogP contribution in [0.5, 0.6) is 0 Å². The molecule has 0 aromatic heterocycles. The molecule has 0 saturated carbocycles. The number of hydrogen-bond donors (Lipinski definition) is 0. The van der Waals surface area contributed by atoms with E-state index in [4.69, 9.17) is 11.6 Å². The van der Waals surface area contributed by atoms with Crippen LogP contribution >= 0.6 is 27.5 Å². The SMILES string of the molecule is O=[N+]([O-])c1ccc(Br)c(C(F)(F)F)c1CCl. The molecule has 0 radical (unpaired) electrons. The van der Waals surface area contributed by atoms with Gasteiger partial charge in [0.15, 0.2) is 0 Å². The Bertz CT molecular complexity index is 436. The summed E-state index contributed by atoms with van der Waals surface area (Å²) in [6.45, 7) is 0. The van der Waals surface area contributed by atoms with Gasteiger partial charge in [0.1, 0.15) is 0 Å². The normalized spacial score (nSPS) is 11.6. The first-order valence-electron chi connectivity index (χ1n) is 3.88. The summed E-state index contributed by atoms with van der Waals surface area (Å²) in [7, 11) is 0. The van der Waals surface area contributed by atoms with E-state index in [9.17, 15) is 23.3 Å². The second-order valence-electron chi connectivity index (χ2n) is 2.81. The van der Waals surface area contributed by atoms with Crippen molar-refractivity contribution in [3.63, 3.8) is 0 Å². The zero-order chi connectivity index (χ0) is 12.5. The average Bonchev–Trinajstić information content (AvgIpc) is 2.14. The smallest absolute Gasteiger partial charge is 0.258 e. The van der Waals surface area contributed by atoms with Crippen molar-refractivity contribution >= 4 is 33.2 Å². The van der Waals surface area contributed by atoms with Gasteiger partial charge in [0, 0.05) is 10.5 Å². The van der Waals surface area contributed by atoms with Crippen LogP contribution in [0.1, 0.15) is 11.1 Å². The number of nitro benzene ring substituents is 1. The van der Waals surface area contributed by atoms with E-state index in [1.165, 1.54) is 0 Å². The Kier molecular flexibility index (Phi) is 3.80. The van der Waals surface area contributed by atoms with Crippen LogP contribution in [0.25, 0.3) is 0 Å². The van der Waals surface area contributed by atoms with Crippen molar-refractivity contribution < 1.29 is 18.1 Å². The molecule has 1 aromatic carbocycles. The van der Waals surface area contributed by atoms with Crippen LogP contribution in [-0.2, 0) is 12.1 Å². The molecule has 0 spiro atoms. The number of nitrogens with zero attached hydrogens (tertiary/aromatic N) is 1. The molecule has 0 fully saturated rings. The van der Waals surface area contributed by atoms with E-state index < -0.39 is 33.8 Å². The topological polar surface area (TPSA) is 43.1 Å². The van der Waals surface area contributed by atoms with Crippen LogP contribution in [0.3, 0.4) is 0 Å². The van der Waals surface area contributed by atoms with Crippen LogP contribution in [0.2, 0.25) is 0 Å². The van der Waals surface area contributed by atoms with Crippen LogP contribution in [0, 0.1) is 10.1 Å². The first-order chi connectivity index (χ1) is 7.29. The summed E-state index contributed by atoms with van der Waals surface area (Å²) in [6, 6.07) is 1.97. The van der Waals surface area contributed by atoms with E-state index in [1.54, 1.807) is 0 Å². The molecule has 0 atom stereocenters. The monoisotopic (exact) mass is 317 g/mol. The van der Waals surface area contributed by atoms with Crippen molar-refractivity contribution in [1.29, 1.82) is 0 Å². The molecule has 0 amide bonds. The highest BCUT2D eigenvalue weighted by Gasteiger charge is 2.38. The van der Waals surface area contributed by atoms with Crippen molar-refractivity contribution in [1.82, 2.24) is 0 Å². The second-order valence-corrected chi connectivity index (χ2v) is 3.93. The number of rotatable bonds is 2. The van der Waals surface area contributed by atoms with Crippen molar-refractivity contribution in [2.45, 2.75) is 12.1 Å². The van der Waals surface area contributed by atoms with Crippen LogP contribution in [-0.4, -0.2) is 4.92 Å². The Labute approximate surface area is 101 Å². The molecule has 1 aromatic rings. The van der Waals surface area contributed by atoms with Gasteiger partial charge in [-0.25, -0.2) is 0 Å². The molecule has 0 aliphatic carbocycles. The van der Waals surface area contributed by atoms with E-state index in [2.05, 4.69) is 15.9 Å². The fourth-order valence-electron chi connectivity index (χ4n) is 1.22. The summed E-state index contributed by atoms with van der Waals surface area (Å²) in [6.07, 6.45) is -4.69. The van der Waals surface area contributed by atoms with E-state index in [-0.39, 0.29) is 4.47 Å². The summed E-state index contributed by atoms with van der Waals surface area (Å²) >= 11 is 8.04. The zero-order valence-electron chi connectivity index (χ0n) is 7.52. The van der Waals surface area contributed by atoms with E-state index in [1.807, 2.05) is 0 Å². The minimum Gasteiger partial charge on any atom is -0.258 e. The Balaban J connectivity index is 3.57. The maximum Gasteiger partial charge on any atom is 0.418 e.